The molecule has 0 saturated carbocycles. The van der Waals surface area contributed by atoms with E-state index in [9.17, 15) is 15.0 Å². The van der Waals surface area contributed by atoms with Crippen LogP contribution < -0.4 is 0 Å². The van der Waals surface area contributed by atoms with Gasteiger partial charge in [-0.05, 0) is 63.3 Å². The lowest BCUT2D eigenvalue weighted by atomic mass is 9.81. The van der Waals surface area contributed by atoms with E-state index in [1.807, 2.05) is 6.08 Å². The van der Waals surface area contributed by atoms with Crippen LogP contribution in [0.1, 0.15) is 57.3 Å². The molecule has 1 aromatic carbocycles. The summed E-state index contributed by atoms with van der Waals surface area (Å²) in [4.78, 5) is 12.5. The van der Waals surface area contributed by atoms with Crippen molar-refractivity contribution >= 4 is 5.78 Å². The number of carbonyl (C=O) groups excluding carboxylic acids is 1. The number of hydrogen-bond acceptors (Lipinski definition) is 4. The summed E-state index contributed by atoms with van der Waals surface area (Å²) < 4.78 is 6.07. The zero-order valence-electron chi connectivity index (χ0n) is 16.8. The smallest absolute Gasteiger partial charge is 0.188 e. The van der Waals surface area contributed by atoms with Gasteiger partial charge in [0, 0.05) is 11.5 Å². The molecule has 0 fully saturated rings. The Labute approximate surface area is 162 Å². The molecule has 4 heteroatoms. The summed E-state index contributed by atoms with van der Waals surface area (Å²) in [6, 6.07) is 6.19. The molecule has 3 atom stereocenters. The fourth-order valence-corrected chi connectivity index (χ4v) is 3.70. The zero-order chi connectivity index (χ0) is 20.0. The summed E-state index contributed by atoms with van der Waals surface area (Å²) in [6.45, 7) is 8.26. The first-order valence-corrected chi connectivity index (χ1v) is 9.72. The van der Waals surface area contributed by atoms with E-state index in [4.69, 9.17) is 4.74 Å². The van der Waals surface area contributed by atoms with Crippen LogP contribution in [0.15, 0.2) is 47.6 Å². The van der Waals surface area contributed by atoms with Crippen LogP contribution in [-0.2, 0) is 4.74 Å². The van der Waals surface area contributed by atoms with Crippen LogP contribution in [0.5, 0.6) is 5.75 Å². The van der Waals surface area contributed by atoms with Crippen LogP contribution in [0.2, 0.25) is 0 Å². The van der Waals surface area contributed by atoms with Gasteiger partial charge in [0.05, 0.1) is 12.2 Å². The molecule has 4 nitrogen and oxygen atoms in total. The quantitative estimate of drug-likeness (QED) is 0.582. The van der Waals surface area contributed by atoms with Gasteiger partial charge < -0.3 is 14.9 Å². The Morgan fingerprint density at radius 1 is 1.19 bits per heavy atom. The molecule has 0 aliphatic heterocycles. The van der Waals surface area contributed by atoms with Crippen LogP contribution in [0.25, 0.3) is 0 Å². The van der Waals surface area contributed by atoms with Crippen molar-refractivity contribution in [3.05, 3.63) is 53.1 Å². The largest absolute Gasteiger partial charge is 0.508 e. The molecule has 1 aliphatic rings. The first-order chi connectivity index (χ1) is 12.8. The molecule has 0 radical (unpaired) electrons. The summed E-state index contributed by atoms with van der Waals surface area (Å²) in [5.41, 5.74) is 2.92. The molecule has 2 N–H and O–H groups in total. The van der Waals surface area contributed by atoms with Gasteiger partial charge in [-0.1, -0.05) is 37.1 Å². The van der Waals surface area contributed by atoms with E-state index in [0.717, 1.165) is 12.8 Å². The van der Waals surface area contributed by atoms with Crippen molar-refractivity contribution in [2.24, 2.45) is 11.8 Å². The Bertz CT molecular complexity index is 685. The van der Waals surface area contributed by atoms with Gasteiger partial charge in [-0.25, -0.2) is 0 Å². The first kappa shape index (κ1) is 21.4. The van der Waals surface area contributed by atoms with Gasteiger partial charge >= 0.3 is 0 Å². The fraction of sp³-hybridized carbons (Fsp3) is 0.522. The molecule has 1 aliphatic carbocycles. The van der Waals surface area contributed by atoms with E-state index < -0.39 is 6.10 Å². The molecule has 2 rings (SSSR count). The number of rotatable bonds is 5. The normalized spacial score (nSPS) is 24.3. The third kappa shape index (κ3) is 6.33. The van der Waals surface area contributed by atoms with Gasteiger partial charge in [0.2, 0.25) is 0 Å². The van der Waals surface area contributed by atoms with Crippen LogP contribution in [0.4, 0.5) is 0 Å². The molecule has 0 amide bonds. The number of phenols is 1. The molecule has 27 heavy (non-hydrogen) atoms. The molecule has 3 unspecified atom stereocenters. The first-order valence-electron chi connectivity index (χ1n) is 9.72. The zero-order valence-corrected chi connectivity index (χ0v) is 16.8. The summed E-state index contributed by atoms with van der Waals surface area (Å²) in [5.74, 6) is 0.127. The molecule has 0 bridgehead atoms. The topological polar surface area (TPSA) is 66.8 Å². The van der Waals surface area contributed by atoms with Crippen molar-refractivity contribution in [2.75, 3.05) is 6.61 Å². The Morgan fingerprint density at radius 2 is 1.85 bits per heavy atom. The lowest BCUT2D eigenvalue weighted by Gasteiger charge is -2.34. The summed E-state index contributed by atoms with van der Waals surface area (Å²) >= 11 is 0. The number of aliphatic hydroxyl groups is 1. The van der Waals surface area contributed by atoms with Crippen molar-refractivity contribution in [3.8, 4) is 5.75 Å². The monoisotopic (exact) mass is 372 g/mol. The molecular formula is C23H32O4. The Balaban J connectivity index is 2.18. The minimum atomic E-state index is -0.593. The maximum atomic E-state index is 12.5. The van der Waals surface area contributed by atoms with E-state index in [-0.39, 0.29) is 36.1 Å². The number of aliphatic hydroxyl groups excluding tert-OH is 1. The number of Topliss-reactive ketones (excluding diaryl/α,β-unsaturated/α-hetero) is 1. The van der Waals surface area contributed by atoms with Crippen LogP contribution in [-0.4, -0.2) is 34.8 Å². The summed E-state index contributed by atoms with van der Waals surface area (Å²) in [5, 5.41) is 20.2. The average Bonchev–Trinajstić information content (AvgIpc) is 2.59. The SMILES string of the molecule is CC1=CC(O)C(C(C)C)C(OCC(=O)c2ccc(O)cc2)CC(C)=CCC1. The Kier molecular flexibility index (Phi) is 7.81. The molecule has 0 saturated heterocycles. The van der Waals surface area contributed by atoms with E-state index in [0.29, 0.717) is 12.0 Å². The second-order valence-corrected chi connectivity index (χ2v) is 7.94. The highest BCUT2D eigenvalue weighted by Gasteiger charge is 2.32. The van der Waals surface area contributed by atoms with Gasteiger partial charge in [-0.3, -0.25) is 4.79 Å². The maximum absolute atomic E-state index is 12.5. The third-order valence-electron chi connectivity index (χ3n) is 5.22. The van der Waals surface area contributed by atoms with Crippen molar-refractivity contribution in [2.45, 2.75) is 59.2 Å². The Morgan fingerprint density at radius 3 is 2.48 bits per heavy atom. The third-order valence-corrected chi connectivity index (χ3v) is 5.22. The molecule has 0 aromatic heterocycles. The van der Waals surface area contributed by atoms with Gasteiger partial charge in [0.15, 0.2) is 5.78 Å². The minimum absolute atomic E-state index is 0.0403. The van der Waals surface area contributed by atoms with E-state index >= 15 is 0 Å². The second-order valence-electron chi connectivity index (χ2n) is 7.94. The molecule has 0 spiro atoms. The van der Waals surface area contributed by atoms with Crippen molar-refractivity contribution in [1.29, 1.82) is 0 Å². The molecular weight excluding hydrogens is 340 g/mol. The summed E-state index contributed by atoms with van der Waals surface area (Å²) in [7, 11) is 0. The van der Waals surface area contributed by atoms with Crippen LogP contribution >= 0.6 is 0 Å². The highest BCUT2D eigenvalue weighted by atomic mass is 16.5. The number of hydrogen-bond donors (Lipinski definition) is 2. The number of phenolic OH excluding ortho intramolecular Hbond substituents is 1. The standard InChI is InChI=1S/C23H32O4/c1-15(2)23-20(25)12-16(3)6-5-7-17(4)13-22(23)27-14-21(26)18-8-10-19(24)11-9-18/h7-12,15,20,22-25H,5-6,13-14H2,1-4H3. The maximum Gasteiger partial charge on any atom is 0.188 e. The average molecular weight is 373 g/mol. The van der Waals surface area contributed by atoms with Gasteiger partial charge in [0.1, 0.15) is 12.4 Å². The van der Waals surface area contributed by atoms with Gasteiger partial charge in [-0.15, -0.1) is 0 Å². The number of carbonyl (C=O) groups is 1. The minimum Gasteiger partial charge on any atom is -0.508 e. The van der Waals surface area contributed by atoms with Crippen LogP contribution in [0.3, 0.4) is 0 Å². The van der Waals surface area contributed by atoms with Crippen LogP contribution in [0, 0.1) is 11.8 Å². The predicted molar refractivity (Wildman–Crippen MR) is 108 cm³/mol. The fourth-order valence-electron chi connectivity index (χ4n) is 3.70. The summed E-state index contributed by atoms with van der Waals surface area (Å²) in [6.07, 6.45) is 5.94. The molecule has 1 aromatic rings. The predicted octanol–water partition coefficient (Wildman–Crippen LogP) is 4.67. The number of benzene rings is 1. The van der Waals surface area contributed by atoms with E-state index in [1.54, 1.807) is 12.1 Å². The second kappa shape index (κ2) is 9.86. The number of ether oxygens (including phenoxy) is 1. The number of aromatic hydroxyl groups is 1. The van der Waals surface area contributed by atoms with E-state index in [2.05, 4.69) is 33.8 Å². The van der Waals surface area contributed by atoms with Crippen molar-refractivity contribution in [3.63, 3.8) is 0 Å². The lowest BCUT2D eigenvalue weighted by molar-refractivity contribution is -0.0348. The van der Waals surface area contributed by atoms with Gasteiger partial charge in [-0.2, -0.15) is 0 Å². The van der Waals surface area contributed by atoms with Gasteiger partial charge in [0.25, 0.3) is 0 Å². The Hall–Kier alpha value is -1.91. The number of ketones is 1. The van der Waals surface area contributed by atoms with E-state index in [1.165, 1.54) is 23.3 Å². The number of allylic oxidation sites excluding steroid dienone is 2. The van der Waals surface area contributed by atoms with Crippen molar-refractivity contribution < 1.29 is 19.7 Å². The lowest BCUT2D eigenvalue weighted by Crippen LogP contribution is -2.38. The molecule has 148 valence electrons. The highest BCUT2D eigenvalue weighted by molar-refractivity contribution is 5.97. The highest BCUT2D eigenvalue weighted by Crippen LogP contribution is 2.30. The molecule has 0 heterocycles. The van der Waals surface area contributed by atoms with Crippen molar-refractivity contribution in [1.82, 2.24) is 0 Å².